The zero-order chi connectivity index (χ0) is 13.5. The average Bonchev–Trinajstić information content (AvgIpc) is 2.30. The fourth-order valence-corrected chi connectivity index (χ4v) is 2.44. The molecule has 1 fully saturated rings. The number of piperidine rings is 1. The predicted molar refractivity (Wildman–Crippen MR) is 75.1 cm³/mol. The molecule has 5 nitrogen and oxygen atoms in total. The van der Waals surface area contributed by atoms with Crippen molar-refractivity contribution in [2.45, 2.75) is 18.9 Å². The highest BCUT2D eigenvalue weighted by Crippen LogP contribution is 2.09. The van der Waals surface area contributed by atoms with Crippen LogP contribution in [0.2, 0.25) is 0 Å². The predicted octanol–water partition coefficient (Wildman–Crippen LogP) is -0.493. The number of nitrogens with one attached hydrogen (secondary N) is 1. The van der Waals surface area contributed by atoms with Gasteiger partial charge in [0.1, 0.15) is 0 Å². The summed E-state index contributed by atoms with van der Waals surface area (Å²) in [6.45, 7) is 3.28. The van der Waals surface area contributed by atoms with E-state index in [0.29, 0.717) is 12.6 Å². The summed E-state index contributed by atoms with van der Waals surface area (Å²) in [6.07, 6.45) is 3.87. The first-order valence-electron chi connectivity index (χ1n) is 6.45. The van der Waals surface area contributed by atoms with Crippen LogP contribution in [0, 0.1) is 0 Å². The van der Waals surface area contributed by atoms with Crippen LogP contribution in [0.4, 0.5) is 0 Å². The Bertz CT molecular complexity index is 289. The Morgan fingerprint density at radius 1 is 1.39 bits per heavy atom. The molecule has 0 radical (unpaired) electrons. The number of nitrogens with zero attached hydrogens (tertiary/aromatic N) is 2. The fourth-order valence-electron chi connectivity index (χ4n) is 2.03. The smallest absolute Gasteiger partial charge is 0.236 e. The third-order valence-corrected chi connectivity index (χ3v) is 4.05. The molecule has 0 saturated carbocycles. The van der Waals surface area contributed by atoms with E-state index in [1.807, 2.05) is 0 Å². The quantitative estimate of drug-likeness (QED) is 0.710. The van der Waals surface area contributed by atoms with Gasteiger partial charge < -0.3 is 10.2 Å². The second-order valence-electron chi connectivity index (χ2n) is 5.07. The number of likely N-dealkylation sites (tertiary alicyclic amines) is 1. The van der Waals surface area contributed by atoms with E-state index < -0.39 is 10.8 Å². The Kier molecular flexibility index (Phi) is 6.81. The molecule has 1 atom stereocenters. The van der Waals surface area contributed by atoms with Gasteiger partial charge in [0.2, 0.25) is 5.91 Å². The van der Waals surface area contributed by atoms with Crippen LogP contribution in [-0.4, -0.2) is 78.2 Å². The van der Waals surface area contributed by atoms with Gasteiger partial charge in [0.05, 0.1) is 6.54 Å². The summed E-state index contributed by atoms with van der Waals surface area (Å²) < 4.78 is 10.9. The molecule has 1 aliphatic heterocycles. The number of rotatable bonds is 6. The van der Waals surface area contributed by atoms with Crippen molar-refractivity contribution in [2.75, 3.05) is 52.3 Å². The third-order valence-electron chi connectivity index (χ3n) is 3.27. The highest BCUT2D eigenvalue weighted by atomic mass is 32.2. The Balaban J connectivity index is 2.16. The molecule has 1 unspecified atom stereocenters. The van der Waals surface area contributed by atoms with Crippen LogP contribution in [0.15, 0.2) is 0 Å². The fraction of sp³-hybridized carbons (Fsp3) is 0.917. The van der Waals surface area contributed by atoms with Gasteiger partial charge in [-0.1, -0.05) is 0 Å². The summed E-state index contributed by atoms with van der Waals surface area (Å²) in [6, 6.07) is 0.513. The lowest BCUT2D eigenvalue weighted by molar-refractivity contribution is -0.130. The van der Waals surface area contributed by atoms with E-state index in [4.69, 9.17) is 0 Å². The zero-order valence-electron chi connectivity index (χ0n) is 11.6. The molecule has 1 saturated heterocycles. The van der Waals surface area contributed by atoms with E-state index in [1.54, 1.807) is 25.3 Å². The summed E-state index contributed by atoms with van der Waals surface area (Å²) in [5.41, 5.74) is 0. The first-order chi connectivity index (χ1) is 8.49. The van der Waals surface area contributed by atoms with Crippen LogP contribution in [0.1, 0.15) is 12.8 Å². The van der Waals surface area contributed by atoms with Crippen LogP contribution in [0.25, 0.3) is 0 Å². The second kappa shape index (κ2) is 7.86. The van der Waals surface area contributed by atoms with Gasteiger partial charge in [-0.05, 0) is 12.8 Å². The normalized spacial score (nSPS) is 19.7. The molecule has 1 amide bonds. The molecule has 1 heterocycles. The van der Waals surface area contributed by atoms with Crippen LogP contribution >= 0.6 is 0 Å². The molecule has 6 heteroatoms. The number of carbonyl (C=O) groups is 1. The van der Waals surface area contributed by atoms with Crippen molar-refractivity contribution in [3.05, 3.63) is 0 Å². The first kappa shape index (κ1) is 15.6. The molecule has 0 aliphatic carbocycles. The van der Waals surface area contributed by atoms with Crippen molar-refractivity contribution in [1.82, 2.24) is 15.1 Å². The number of likely N-dealkylation sites (N-methyl/N-ethyl adjacent to an activating group) is 1. The molecule has 0 aromatic rings. The Morgan fingerprint density at radius 2 is 2.00 bits per heavy atom. The molecule has 1 N–H and O–H groups in total. The minimum Gasteiger partial charge on any atom is -0.348 e. The standard InChI is InChI=1S/C12H25N3O2S/c1-14(2)12(16)10-15-7-4-11(5-8-15)13-6-9-18(3)17/h11,13H,4-10H2,1-3H3. The molecular weight excluding hydrogens is 250 g/mol. The van der Waals surface area contributed by atoms with E-state index in [1.165, 1.54) is 0 Å². The maximum atomic E-state index is 11.6. The molecule has 0 aromatic heterocycles. The van der Waals surface area contributed by atoms with Crippen LogP contribution in [0.5, 0.6) is 0 Å². The van der Waals surface area contributed by atoms with Crippen molar-refractivity contribution >= 4 is 16.7 Å². The summed E-state index contributed by atoms with van der Waals surface area (Å²) >= 11 is 0. The van der Waals surface area contributed by atoms with E-state index in [9.17, 15) is 9.00 Å². The largest absolute Gasteiger partial charge is 0.348 e. The lowest BCUT2D eigenvalue weighted by Gasteiger charge is -2.32. The van der Waals surface area contributed by atoms with Crippen molar-refractivity contribution < 1.29 is 9.00 Å². The Labute approximate surface area is 112 Å². The number of amides is 1. The minimum absolute atomic E-state index is 0.169. The zero-order valence-corrected chi connectivity index (χ0v) is 12.5. The molecule has 1 rings (SSSR count). The van der Waals surface area contributed by atoms with Gasteiger partial charge in [-0.15, -0.1) is 0 Å². The summed E-state index contributed by atoms with van der Waals surface area (Å²) in [4.78, 5) is 15.4. The van der Waals surface area contributed by atoms with Crippen LogP contribution in [-0.2, 0) is 15.6 Å². The van der Waals surface area contributed by atoms with Gasteiger partial charge in [-0.2, -0.15) is 0 Å². The maximum absolute atomic E-state index is 11.6. The molecule has 1 aliphatic rings. The van der Waals surface area contributed by atoms with Gasteiger partial charge in [0, 0.05) is 62.6 Å². The van der Waals surface area contributed by atoms with Gasteiger partial charge in [0.25, 0.3) is 0 Å². The minimum atomic E-state index is -0.713. The monoisotopic (exact) mass is 275 g/mol. The molecule has 0 spiro atoms. The molecule has 0 bridgehead atoms. The van der Waals surface area contributed by atoms with Crippen LogP contribution in [0.3, 0.4) is 0 Å². The summed E-state index contributed by atoms with van der Waals surface area (Å²) in [5, 5.41) is 3.43. The number of hydrogen-bond acceptors (Lipinski definition) is 4. The maximum Gasteiger partial charge on any atom is 0.236 e. The lowest BCUT2D eigenvalue weighted by Crippen LogP contribution is -2.46. The Morgan fingerprint density at radius 3 is 2.50 bits per heavy atom. The molecular formula is C12H25N3O2S. The Hall–Kier alpha value is -0.460. The van der Waals surface area contributed by atoms with Gasteiger partial charge in [-0.25, -0.2) is 0 Å². The first-order valence-corrected chi connectivity index (χ1v) is 8.17. The lowest BCUT2D eigenvalue weighted by atomic mass is 10.1. The average molecular weight is 275 g/mol. The summed E-state index contributed by atoms with van der Waals surface area (Å²) in [5.74, 6) is 0.891. The van der Waals surface area contributed by atoms with Crippen molar-refractivity contribution in [1.29, 1.82) is 0 Å². The van der Waals surface area contributed by atoms with Gasteiger partial charge in [0.15, 0.2) is 0 Å². The van der Waals surface area contributed by atoms with E-state index in [-0.39, 0.29) is 5.91 Å². The molecule has 18 heavy (non-hydrogen) atoms. The second-order valence-corrected chi connectivity index (χ2v) is 6.62. The highest BCUT2D eigenvalue weighted by Gasteiger charge is 2.20. The van der Waals surface area contributed by atoms with Crippen molar-refractivity contribution in [2.24, 2.45) is 0 Å². The SMILES string of the molecule is CN(C)C(=O)CN1CCC(NCCS(C)=O)CC1. The van der Waals surface area contributed by atoms with Crippen molar-refractivity contribution in [3.8, 4) is 0 Å². The van der Waals surface area contributed by atoms with Crippen LogP contribution < -0.4 is 5.32 Å². The highest BCUT2D eigenvalue weighted by molar-refractivity contribution is 7.84. The third kappa shape index (κ3) is 5.93. The van der Waals surface area contributed by atoms with E-state index >= 15 is 0 Å². The number of hydrogen-bond donors (Lipinski definition) is 1. The van der Waals surface area contributed by atoms with E-state index in [0.717, 1.165) is 38.2 Å². The summed E-state index contributed by atoms with van der Waals surface area (Å²) in [7, 11) is 2.87. The number of carbonyl (C=O) groups excluding carboxylic acids is 1. The molecule has 0 aromatic carbocycles. The topological polar surface area (TPSA) is 52.7 Å². The van der Waals surface area contributed by atoms with Gasteiger partial charge >= 0.3 is 0 Å². The molecule has 106 valence electrons. The van der Waals surface area contributed by atoms with Gasteiger partial charge in [-0.3, -0.25) is 13.9 Å². The van der Waals surface area contributed by atoms with Crippen molar-refractivity contribution in [3.63, 3.8) is 0 Å². The van der Waals surface area contributed by atoms with E-state index in [2.05, 4.69) is 10.2 Å².